The summed E-state index contributed by atoms with van der Waals surface area (Å²) in [5.74, 6) is 0.247. The van der Waals surface area contributed by atoms with Gasteiger partial charge in [0.15, 0.2) is 10.2 Å². The molecule has 4 nitrogen and oxygen atoms in total. The van der Waals surface area contributed by atoms with E-state index in [-0.39, 0.29) is 10.9 Å². The quantitative estimate of drug-likeness (QED) is 0.441. The fourth-order valence-corrected chi connectivity index (χ4v) is 2.35. The molecule has 0 saturated heterocycles. The van der Waals surface area contributed by atoms with Crippen molar-refractivity contribution in [3.05, 3.63) is 30.1 Å². The van der Waals surface area contributed by atoms with Crippen molar-refractivity contribution in [1.82, 2.24) is 16.2 Å². The molecule has 0 aromatic heterocycles. The van der Waals surface area contributed by atoms with E-state index < -0.39 is 0 Å². The lowest BCUT2D eigenvalue weighted by atomic mass is 9.99. The SMILES string of the molecule is CCCC[C@H](CC)CNC(=S)NNC(=S)Nc1ccccc1F. The zero-order chi connectivity index (χ0) is 17.1. The van der Waals surface area contributed by atoms with E-state index in [1.165, 1.54) is 25.3 Å². The monoisotopic (exact) mass is 356 g/mol. The molecule has 0 fully saturated rings. The number of benzene rings is 1. The van der Waals surface area contributed by atoms with E-state index in [1.54, 1.807) is 18.2 Å². The van der Waals surface area contributed by atoms with Gasteiger partial charge in [-0.3, -0.25) is 10.9 Å². The molecule has 7 heteroatoms. The Bertz CT molecular complexity index is 511. The average Bonchev–Trinajstić information content (AvgIpc) is 2.55. The van der Waals surface area contributed by atoms with Crippen molar-refractivity contribution in [2.45, 2.75) is 39.5 Å². The van der Waals surface area contributed by atoms with Gasteiger partial charge in [0.1, 0.15) is 5.82 Å². The van der Waals surface area contributed by atoms with Crippen molar-refractivity contribution in [3.8, 4) is 0 Å². The highest BCUT2D eigenvalue weighted by Crippen LogP contribution is 2.12. The van der Waals surface area contributed by atoms with Gasteiger partial charge in [0.25, 0.3) is 0 Å². The van der Waals surface area contributed by atoms with Crippen LogP contribution in [-0.4, -0.2) is 16.8 Å². The van der Waals surface area contributed by atoms with E-state index in [0.29, 0.717) is 16.7 Å². The van der Waals surface area contributed by atoms with Crippen LogP contribution in [0, 0.1) is 11.7 Å². The first kappa shape index (κ1) is 19.6. The predicted octanol–water partition coefficient (Wildman–Crippen LogP) is 3.71. The van der Waals surface area contributed by atoms with Gasteiger partial charge in [-0.2, -0.15) is 0 Å². The van der Waals surface area contributed by atoms with E-state index in [9.17, 15) is 4.39 Å². The largest absolute Gasteiger partial charge is 0.361 e. The number of hydrazine groups is 1. The second kappa shape index (κ2) is 11.1. The Morgan fingerprint density at radius 2 is 1.83 bits per heavy atom. The standard InChI is InChI=1S/C16H25FN4S2/c1-3-5-8-12(4-2)11-18-15(22)20-21-16(23)19-14-10-7-6-9-13(14)17/h6-7,9-10,12H,3-5,8,11H2,1-2H3,(H2,18,20,22)(H2,19,21,23)/t12-/m0/s1. The molecular weight excluding hydrogens is 331 g/mol. The average molecular weight is 357 g/mol. The summed E-state index contributed by atoms with van der Waals surface area (Å²) in [7, 11) is 0. The van der Waals surface area contributed by atoms with E-state index >= 15 is 0 Å². The van der Waals surface area contributed by atoms with Crippen LogP contribution in [0.15, 0.2) is 24.3 Å². The molecule has 23 heavy (non-hydrogen) atoms. The van der Waals surface area contributed by atoms with Crippen LogP contribution in [0.4, 0.5) is 10.1 Å². The lowest BCUT2D eigenvalue weighted by molar-refractivity contribution is 0.444. The van der Waals surface area contributed by atoms with Gasteiger partial charge in [0.2, 0.25) is 0 Å². The molecular formula is C16H25FN4S2. The summed E-state index contributed by atoms with van der Waals surface area (Å²) in [6, 6.07) is 6.33. The smallest absolute Gasteiger partial charge is 0.189 e. The number of hydrogen-bond donors (Lipinski definition) is 4. The lowest BCUT2D eigenvalue weighted by Gasteiger charge is -2.18. The number of thiocarbonyl (C=S) groups is 2. The minimum Gasteiger partial charge on any atom is -0.361 e. The molecule has 0 aliphatic heterocycles. The number of rotatable bonds is 7. The molecule has 0 saturated carbocycles. The van der Waals surface area contributed by atoms with Gasteiger partial charge in [-0.05, 0) is 48.9 Å². The van der Waals surface area contributed by atoms with Crippen molar-refractivity contribution < 1.29 is 4.39 Å². The van der Waals surface area contributed by atoms with Crippen molar-refractivity contribution in [3.63, 3.8) is 0 Å². The summed E-state index contributed by atoms with van der Waals surface area (Å²) in [5.41, 5.74) is 5.86. The Morgan fingerprint density at radius 1 is 1.13 bits per heavy atom. The first-order valence-electron chi connectivity index (χ1n) is 7.92. The van der Waals surface area contributed by atoms with Crippen molar-refractivity contribution in [2.75, 3.05) is 11.9 Å². The van der Waals surface area contributed by atoms with Crippen LogP contribution in [0.1, 0.15) is 39.5 Å². The third-order valence-corrected chi connectivity index (χ3v) is 3.96. The number of unbranched alkanes of at least 4 members (excludes halogenated alkanes) is 1. The van der Waals surface area contributed by atoms with Crippen molar-refractivity contribution >= 4 is 40.3 Å². The maximum absolute atomic E-state index is 13.5. The van der Waals surface area contributed by atoms with Crippen molar-refractivity contribution in [1.29, 1.82) is 0 Å². The summed E-state index contributed by atoms with van der Waals surface area (Å²) in [4.78, 5) is 0. The molecule has 0 spiro atoms. The molecule has 0 amide bonds. The number of anilines is 1. The first-order chi connectivity index (χ1) is 11.1. The summed E-state index contributed by atoms with van der Waals surface area (Å²) < 4.78 is 13.5. The minimum absolute atomic E-state index is 0.247. The van der Waals surface area contributed by atoms with Gasteiger partial charge in [-0.15, -0.1) is 0 Å². The minimum atomic E-state index is -0.362. The Balaban J connectivity index is 2.27. The van der Waals surface area contributed by atoms with E-state index in [0.717, 1.165) is 13.0 Å². The molecule has 1 aromatic rings. The molecule has 0 bridgehead atoms. The van der Waals surface area contributed by atoms with Crippen LogP contribution in [0.25, 0.3) is 0 Å². The van der Waals surface area contributed by atoms with Gasteiger partial charge >= 0.3 is 0 Å². The Kier molecular flexibility index (Phi) is 9.47. The number of nitrogens with one attached hydrogen (secondary N) is 4. The third-order valence-electron chi connectivity index (χ3n) is 3.51. The molecule has 1 rings (SSSR count). The molecule has 0 aliphatic rings. The first-order valence-corrected chi connectivity index (χ1v) is 8.73. The molecule has 0 radical (unpaired) electrons. The highest BCUT2D eigenvalue weighted by Gasteiger charge is 2.07. The molecule has 0 unspecified atom stereocenters. The Morgan fingerprint density at radius 3 is 2.48 bits per heavy atom. The van der Waals surface area contributed by atoms with Gasteiger partial charge < -0.3 is 10.6 Å². The molecule has 0 heterocycles. The number of hydrogen-bond acceptors (Lipinski definition) is 2. The summed E-state index contributed by atoms with van der Waals surface area (Å²) in [6.07, 6.45) is 4.76. The van der Waals surface area contributed by atoms with Crippen LogP contribution in [0.5, 0.6) is 0 Å². The number of halogens is 1. The topological polar surface area (TPSA) is 48.1 Å². The van der Waals surface area contributed by atoms with E-state index in [4.69, 9.17) is 24.4 Å². The van der Waals surface area contributed by atoms with Gasteiger partial charge in [-0.25, -0.2) is 4.39 Å². The highest BCUT2D eigenvalue weighted by atomic mass is 32.1. The summed E-state index contributed by atoms with van der Waals surface area (Å²) in [5, 5.41) is 6.65. The fraction of sp³-hybridized carbons (Fsp3) is 0.500. The Labute approximate surface area is 148 Å². The second-order valence-corrected chi connectivity index (χ2v) is 6.13. The Hall–Kier alpha value is -1.47. The molecule has 1 atom stereocenters. The van der Waals surface area contributed by atoms with Gasteiger partial charge in [0, 0.05) is 6.54 Å². The third kappa shape index (κ3) is 8.08. The molecule has 1 aromatic carbocycles. The number of para-hydroxylation sites is 1. The molecule has 4 N–H and O–H groups in total. The van der Waals surface area contributed by atoms with Crippen LogP contribution < -0.4 is 21.5 Å². The molecule has 0 aliphatic carbocycles. The zero-order valence-corrected chi connectivity index (χ0v) is 15.2. The fourth-order valence-electron chi connectivity index (χ4n) is 2.05. The van der Waals surface area contributed by atoms with Crippen LogP contribution in [0.2, 0.25) is 0 Å². The van der Waals surface area contributed by atoms with Gasteiger partial charge in [0.05, 0.1) is 5.69 Å². The van der Waals surface area contributed by atoms with Crippen LogP contribution in [0.3, 0.4) is 0 Å². The van der Waals surface area contributed by atoms with Crippen LogP contribution in [-0.2, 0) is 0 Å². The predicted molar refractivity (Wildman–Crippen MR) is 103 cm³/mol. The molecule has 128 valence electrons. The zero-order valence-electron chi connectivity index (χ0n) is 13.6. The highest BCUT2D eigenvalue weighted by molar-refractivity contribution is 7.80. The summed E-state index contributed by atoms with van der Waals surface area (Å²) in [6.45, 7) is 5.21. The maximum atomic E-state index is 13.5. The van der Waals surface area contributed by atoms with E-state index in [2.05, 4.69) is 35.3 Å². The second-order valence-electron chi connectivity index (χ2n) is 5.31. The van der Waals surface area contributed by atoms with Crippen molar-refractivity contribution in [2.24, 2.45) is 5.92 Å². The summed E-state index contributed by atoms with van der Waals surface area (Å²) >= 11 is 10.3. The maximum Gasteiger partial charge on any atom is 0.189 e. The van der Waals surface area contributed by atoms with Crippen LogP contribution >= 0.6 is 24.4 Å². The van der Waals surface area contributed by atoms with Gasteiger partial charge in [-0.1, -0.05) is 45.2 Å². The van der Waals surface area contributed by atoms with E-state index in [1.807, 2.05) is 0 Å². The lowest BCUT2D eigenvalue weighted by Crippen LogP contribution is -2.49. The normalized spacial score (nSPS) is 11.4.